The van der Waals surface area contributed by atoms with Gasteiger partial charge in [0.15, 0.2) is 17.6 Å². The van der Waals surface area contributed by atoms with Gasteiger partial charge >= 0.3 is 5.97 Å². The molecule has 0 saturated carbocycles. The van der Waals surface area contributed by atoms with Gasteiger partial charge < -0.3 is 25.3 Å². The smallest absolute Gasteiger partial charge is 0.338 e. The first-order valence-corrected chi connectivity index (χ1v) is 7.30. The number of anilines is 2. The number of amides is 1. The van der Waals surface area contributed by atoms with Crippen LogP contribution < -0.4 is 20.5 Å². The molecule has 0 radical (unpaired) electrons. The van der Waals surface area contributed by atoms with E-state index >= 15 is 0 Å². The minimum atomic E-state index is -0.968. The number of carbonyl (C=O) groups is 2. The maximum absolute atomic E-state index is 12.2. The zero-order valence-electron chi connectivity index (χ0n) is 12.9. The lowest BCUT2D eigenvalue weighted by atomic mass is 10.2. The van der Waals surface area contributed by atoms with Crippen molar-refractivity contribution in [1.29, 1.82) is 0 Å². The van der Waals surface area contributed by atoms with Gasteiger partial charge in [0.25, 0.3) is 5.91 Å². The normalized spacial score (nSPS) is 13.2. The van der Waals surface area contributed by atoms with E-state index in [4.69, 9.17) is 19.9 Å². The highest BCUT2D eigenvalue weighted by Gasteiger charge is 2.20. The Bertz CT molecular complexity index is 790. The zero-order valence-corrected chi connectivity index (χ0v) is 12.9. The average molecular weight is 328 g/mol. The highest BCUT2D eigenvalue weighted by molar-refractivity contribution is 5.97. The number of nitrogens with two attached hydrogens (primary N) is 1. The van der Waals surface area contributed by atoms with Crippen LogP contribution in [0.4, 0.5) is 11.4 Å². The third-order valence-corrected chi connectivity index (χ3v) is 3.42. The molecule has 1 aliphatic heterocycles. The van der Waals surface area contributed by atoms with E-state index in [9.17, 15) is 9.59 Å². The van der Waals surface area contributed by atoms with Crippen LogP contribution in [0.5, 0.6) is 11.5 Å². The lowest BCUT2D eigenvalue weighted by molar-refractivity contribution is -0.123. The molecule has 7 nitrogen and oxygen atoms in total. The second-order valence-corrected chi connectivity index (χ2v) is 5.23. The van der Waals surface area contributed by atoms with Crippen molar-refractivity contribution in [3.63, 3.8) is 0 Å². The van der Waals surface area contributed by atoms with Crippen molar-refractivity contribution in [2.24, 2.45) is 0 Å². The highest BCUT2D eigenvalue weighted by atomic mass is 16.7. The zero-order chi connectivity index (χ0) is 17.1. The quantitative estimate of drug-likeness (QED) is 0.659. The molecular weight excluding hydrogens is 312 g/mol. The van der Waals surface area contributed by atoms with Crippen molar-refractivity contribution in [2.45, 2.75) is 13.0 Å². The summed E-state index contributed by atoms with van der Waals surface area (Å²) >= 11 is 0. The van der Waals surface area contributed by atoms with Gasteiger partial charge in [-0.25, -0.2) is 4.79 Å². The van der Waals surface area contributed by atoms with Crippen LogP contribution in [0.1, 0.15) is 17.3 Å². The van der Waals surface area contributed by atoms with Gasteiger partial charge in [-0.15, -0.1) is 0 Å². The number of rotatable bonds is 4. The SMILES string of the molecule is CC(OC(=O)c1cccc(N)c1)C(=O)Nc1ccc2c(c1)OCO2. The van der Waals surface area contributed by atoms with Gasteiger partial charge in [0, 0.05) is 17.4 Å². The van der Waals surface area contributed by atoms with Gasteiger partial charge in [0.05, 0.1) is 5.56 Å². The van der Waals surface area contributed by atoms with Gasteiger partial charge in [-0.3, -0.25) is 4.79 Å². The number of carbonyl (C=O) groups excluding carboxylic acids is 2. The number of hydrogen-bond acceptors (Lipinski definition) is 6. The number of esters is 1. The molecule has 3 rings (SSSR count). The molecule has 0 spiro atoms. The molecular formula is C17H16N2O5. The van der Waals surface area contributed by atoms with Gasteiger partial charge in [-0.05, 0) is 37.3 Å². The summed E-state index contributed by atoms with van der Waals surface area (Å²) in [6.45, 7) is 1.65. The number of nitrogen functional groups attached to an aromatic ring is 1. The number of benzene rings is 2. The summed E-state index contributed by atoms with van der Waals surface area (Å²) in [7, 11) is 0. The Morgan fingerprint density at radius 2 is 1.96 bits per heavy atom. The first kappa shape index (κ1) is 15.7. The molecule has 124 valence electrons. The van der Waals surface area contributed by atoms with Gasteiger partial charge in [0.2, 0.25) is 6.79 Å². The summed E-state index contributed by atoms with van der Waals surface area (Å²) < 4.78 is 15.6. The Hall–Kier alpha value is -3.22. The van der Waals surface area contributed by atoms with Crippen molar-refractivity contribution in [1.82, 2.24) is 0 Å². The number of hydrogen-bond donors (Lipinski definition) is 2. The highest BCUT2D eigenvalue weighted by Crippen LogP contribution is 2.34. The fourth-order valence-electron chi connectivity index (χ4n) is 2.17. The van der Waals surface area contributed by atoms with Crippen LogP contribution in [0.25, 0.3) is 0 Å². The second-order valence-electron chi connectivity index (χ2n) is 5.23. The topological polar surface area (TPSA) is 99.9 Å². The Morgan fingerprint density at radius 1 is 1.17 bits per heavy atom. The van der Waals surface area contributed by atoms with Crippen molar-refractivity contribution in [3.8, 4) is 11.5 Å². The summed E-state index contributed by atoms with van der Waals surface area (Å²) in [4.78, 5) is 24.2. The van der Waals surface area contributed by atoms with E-state index in [0.29, 0.717) is 22.9 Å². The van der Waals surface area contributed by atoms with Gasteiger partial charge in [-0.2, -0.15) is 0 Å². The second kappa shape index (κ2) is 6.49. The molecule has 2 aromatic carbocycles. The lowest BCUT2D eigenvalue weighted by Crippen LogP contribution is -2.30. The minimum Gasteiger partial charge on any atom is -0.454 e. The van der Waals surface area contributed by atoms with Crippen LogP contribution in [0, 0.1) is 0 Å². The molecule has 0 bridgehead atoms. The Balaban J connectivity index is 1.61. The molecule has 1 unspecified atom stereocenters. The Morgan fingerprint density at radius 3 is 2.75 bits per heavy atom. The third-order valence-electron chi connectivity index (χ3n) is 3.42. The summed E-state index contributed by atoms with van der Waals surface area (Å²) in [5.74, 6) is 0.105. The van der Waals surface area contributed by atoms with Crippen molar-refractivity contribution >= 4 is 23.3 Å². The molecule has 1 heterocycles. The minimum absolute atomic E-state index is 0.154. The van der Waals surface area contributed by atoms with E-state index in [0.717, 1.165) is 0 Å². The fourth-order valence-corrected chi connectivity index (χ4v) is 2.17. The molecule has 1 aliphatic rings. The molecule has 3 N–H and O–H groups in total. The van der Waals surface area contributed by atoms with E-state index in [1.807, 2.05) is 0 Å². The molecule has 0 aromatic heterocycles. The Kier molecular flexibility index (Phi) is 4.24. The summed E-state index contributed by atoms with van der Waals surface area (Å²) in [5.41, 5.74) is 6.88. The van der Waals surface area contributed by atoms with Crippen molar-refractivity contribution < 1.29 is 23.8 Å². The number of ether oxygens (including phenoxy) is 3. The maximum Gasteiger partial charge on any atom is 0.338 e. The average Bonchev–Trinajstić information content (AvgIpc) is 3.02. The number of fused-ring (bicyclic) bond motifs is 1. The van der Waals surface area contributed by atoms with Crippen molar-refractivity contribution in [3.05, 3.63) is 48.0 Å². The van der Waals surface area contributed by atoms with Gasteiger partial charge in [-0.1, -0.05) is 6.07 Å². The predicted molar refractivity (Wildman–Crippen MR) is 86.9 cm³/mol. The van der Waals surface area contributed by atoms with E-state index in [2.05, 4.69) is 5.32 Å². The molecule has 0 aliphatic carbocycles. The van der Waals surface area contributed by atoms with Crippen LogP contribution in [0.2, 0.25) is 0 Å². The fraction of sp³-hybridized carbons (Fsp3) is 0.176. The monoisotopic (exact) mass is 328 g/mol. The van der Waals surface area contributed by atoms with E-state index in [-0.39, 0.29) is 12.4 Å². The molecule has 24 heavy (non-hydrogen) atoms. The van der Waals surface area contributed by atoms with E-state index in [1.165, 1.54) is 13.0 Å². The molecule has 7 heteroatoms. The van der Waals surface area contributed by atoms with Crippen LogP contribution in [0.15, 0.2) is 42.5 Å². The van der Waals surface area contributed by atoms with Crippen LogP contribution >= 0.6 is 0 Å². The standard InChI is InChI=1S/C17H16N2O5/c1-10(24-17(21)11-3-2-4-12(18)7-11)16(20)19-13-5-6-14-15(8-13)23-9-22-14/h2-8,10H,9,18H2,1H3,(H,19,20). The summed E-state index contributed by atoms with van der Waals surface area (Å²) in [6, 6.07) is 11.4. The van der Waals surface area contributed by atoms with E-state index in [1.54, 1.807) is 36.4 Å². The molecule has 1 atom stereocenters. The van der Waals surface area contributed by atoms with E-state index < -0.39 is 18.0 Å². The molecule has 0 saturated heterocycles. The Labute approximate surface area is 138 Å². The predicted octanol–water partition coefficient (Wildman–Crippen LogP) is 2.18. The van der Waals surface area contributed by atoms with Crippen LogP contribution in [0.3, 0.4) is 0 Å². The maximum atomic E-state index is 12.2. The molecule has 0 fully saturated rings. The summed E-state index contributed by atoms with van der Waals surface area (Å²) in [6.07, 6.45) is -0.968. The summed E-state index contributed by atoms with van der Waals surface area (Å²) in [5, 5.41) is 2.66. The first-order chi connectivity index (χ1) is 11.5. The lowest BCUT2D eigenvalue weighted by Gasteiger charge is -2.14. The number of nitrogens with one attached hydrogen (secondary N) is 1. The largest absolute Gasteiger partial charge is 0.454 e. The molecule has 2 aromatic rings. The van der Waals surface area contributed by atoms with Crippen LogP contribution in [-0.4, -0.2) is 24.8 Å². The van der Waals surface area contributed by atoms with Crippen molar-refractivity contribution in [2.75, 3.05) is 17.8 Å². The molecule has 1 amide bonds. The third kappa shape index (κ3) is 3.40. The first-order valence-electron chi connectivity index (χ1n) is 7.30. The van der Waals surface area contributed by atoms with Crippen LogP contribution in [-0.2, 0) is 9.53 Å². The van der Waals surface area contributed by atoms with Gasteiger partial charge in [0.1, 0.15) is 0 Å².